The molecule has 0 unspecified atom stereocenters. The van der Waals surface area contributed by atoms with Crippen molar-refractivity contribution in [1.82, 2.24) is 15.2 Å². The predicted octanol–water partition coefficient (Wildman–Crippen LogP) is 5.84. The van der Waals surface area contributed by atoms with Crippen LogP contribution < -0.4 is 4.74 Å². The van der Waals surface area contributed by atoms with Crippen molar-refractivity contribution < 1.29 is 14.1 Å². The lowest BCUT2D eigenvalue weighted by Crippen LogP contribution is -1.93. The fourth-order valence-corrected chi connectivity index (χ4v) is 3.76. The number of nitrogens with zero attached hydrogens (tertiary/aromatic N) is 4. The summed E-state index contributed by atoms with van der Waals surface area (Å²) in [6.07, 6.45) is 0. The van der Waals surface area contributed by atoms with Gasteiger partial charge in [0.2, 0.25) is 11.8 Å². The molecule has 0 spiro atoms. The lowest BCUT2D eigenvalue weighted by Gasteiger charge is -2.08. The SMILES string of the molecule is COc1ccc(-c2cc(-c3nnc(-c4cccc([N+](=O)[O-])c4C)o3)c3ccccc3n2)cc1. The molecule has 0 aliphatic carbocycles. The molecule has 0 radical (unpaired) electrons. The van der Waals surface area contributed by atoms with Crippen LogP contribution in [0.5, 0.6) is 5.75 Å². The zero-order valence-corrected chi connectivity index (χ0v) is 17.9. The van der Waals surface area contributed by atoms with Gasteiger partial charge >= 0.3 is 0 Å². The maximum atomic E-state index is 11.3. The highest BCUT2D eigenvalue weighted by Crippen LogP contribution is 2.35. The van der Waals surface area contributed by atoms with Crippen LogP contribution in [0.15, 0.2) is 77.2 Å². The Morgan fingerprint density at radius 3 is 2.36 bits per heavy atom. The van der Waals surface area contributed by atoms with Gasteiger partial charge in [-0.3, -0.25) is 10.1 Å². The summed E-state index contributed by atoms with van der Waals surface area (Å²) >= 11 is 0. The number of benzene rings is 3. The lowest BCUT2D eigenvalue weighted by atomic mass is 10.0. The van der Waals surface area contributed by atoms with E-state index in [1.54, 1.807) is 26.2 Å². The van der Waals surface area contributed by atoms with E-state index in [0.29, 0.717) is 17.0 Å². The first-order valence-corrected chi connectivity index (χ1v) is 10.2. The van der Waals surface area contributed by atoms with Crippen LogP contribution in [0.4, 0.5) is 5.69 Å². The number of para-hydroxylation sites is 1. The molecule has 0 N–H and O–H groups in total. The van der Waals surface area contributed by atoms with Crippen molar-refractivity contribution in [2.24, 2.45) is 0 Å². The average Bonchev–Trinajstić information content (AvgIpc) is 3.33. The number of methoxy groups -OCH3 is 1. The van der Waals surface area contributed by atoms with Crippen LogP contribution in [0.25, 0.3) is 45.1 Å². The highest BCUT2D eigenvalue weighted by molar-refractivity contribution is 5.94. The smallest absolute Gasteiger partial charge is 0.273 e. The maximum absolute atomic E-state index is 11.3. The molecule has 2 heterocycles. The first-order chi connectivity index (χ1) is 16.0. The van der Waals surface area contributed by atoms with E-state index in [-0.39, 0.29) is 11.6 Å². The standard InChI is InChI=1S/C25H18N4O4/c1-15-18(7-5-9-23(15)29(30)31)24-27-28-25(33-24)20-14-22(16-10-12-17(32-2)13-11-16)26-21-8-4-3-6-19(20)21/h3-14H,1-2H3. The lowest BCUT2D eigenvalue weighted by molar-refractivity contribution is -0.385. The van der Waals surface area contributed by atoms with Gasteiger partial charge < -0.3 is 9.15 Å². The summed E-state index contributed by atoms with van der Waals surface area (Å²) in [5, 5.41) is 20.6. The zero-order valence-electron chi connectivity index (χ0n) is 17.9. The van der Waals surface area contributed by atoms with Crippen LogP contribution in [-0.2, 0) is 0 Å². The first-order valence-electron chi connectivity index (χ1n) is 10.2. The Morgan fingerprint density at radius 1 is 0.909 bits per heavy atom. The summed E-state index contributed by atoms with van der Waals surface area (Å²) in [5.41, 5.74) is 4.17. The predicted molar refractivity (Wildman–Crippen MR) is 124 cm³/mol. The van der Waals surface area contributed by atoms with Crippen molar-refractivity contribution in [3.05, 3.63) is 88.5 Å². The number of nitro benzene ring substituents is 1. The van der Waals surface area contributed by atoms with Crippen LogP contribution >= 0.6 is 0 Å². The summed E-state index contributed by atoms with van der Waals surface area (Å²) in [6, 6.07) is 22.0. The topological polar surface area (TPSA) is 104 Å². The van der Waals surface area contributed by atoms with Gasteiger partial charge in [0.05, 0.1) is 28.8 Å². The fourth-order valence-electron chi connectivity index (χ4n) is 3.76. The summed E-state index contributed by atoms with van der Waals surface area (Å²) in [6.45, 7) is 1.67. The summed E-state index contributed by atoms with van der Waals surface area (Å²) in [7, 11) is 1.62. The molecule has 5 rings (SSSR count). The molecule has 0 saturated carbocycles. The third kappa shape index (κ3) is 3.67. The molecule has 8 nitrogen and oxygen atoms in total. The van der Waals surface area contributed by atoms with Crippen molar-refractivity contribution in [2.45, 2.75) is 6.92 Å². The second kappa shape index (κ2) is 8.16. The van der Waals surface area contributed by atoms with Crippen molar-refractivity contribution in [3.63, 3.8) is 0 Å². The quantitative estimate of drug-likeness (QED) is 0.251. The third-order valence-corrected chi connectivity index (χ3v) is 5.49. The Labute approximate surface area is 188 Å². The molecule has 0 atom stereocenters. The molecule has 5 aromatic rings. The normalized spacial score (nSPS) is 11.0. The van der Waals surface area contributed by atoms with Gasteiger partial charge in [0, 0.05) is 28.1 Å². The number of rotatable bonds is 5. The Morgan fingerprint density at radius 2 is 1.64 bits per heavy atom. The molecule has 0 aliphatic heterocycles. The van der Waals surface area contributed by atoms with E-state index in [4.69, 9.17) is 14.1 Å². The number of aromatic nitrogens is 3. The van der Waals surface area contributed by atoms with Crippen LogP contribution in [-0.4, -0.2) is 27.2 Å². The molecule has 8 heteroatoms. The number of hydrogen-bond acceptors (Lipinski definition) is 7. The Hall–Kier alpha value is -4.59. The van der Waals surface area contributed by atoms with Gasteiger partial charge in [-0.2, -0.15) is 0 Å². The van der Waals surface area contributed by atoms with Crippen molar-refractivity contribution >= 4 is 16.6 Å². The fraction of sp³-hybridized carbons (Fsp3) is 0.0800. The summed E-state index contributed by atoms with van der Waals surface area (Å²) in [4.78, 5) is 15.7. The molecule has 0 amide bonds. The van der Waals surface area contributed by atoms with Crippen LogP contribution in [0, 0.1) is 17.0 Å². The van der Waals surface area contributed by atoms with E-state index < -0.39 is 4.92 Å². The zero-order chi connectivity index (χ0) is 22.9. The van der Waals surface area contributed by atoms with Gasteiger partial charge in [0.25, 0.3) is 5.69 Å². The molecule has 0 saturated heterocycles. The molecular formula is C25H18N4O4. The average molecular weight is 438 g/mol. The molecular weight excluding hydrogens is 420 g/mol. The molecule has 0 bridgehead atoms. The van der Waals surface area contributed by atoms with Crippen LogP contribution in [0.3, 0.4) is 0 Å². The molecule has 2 aromatic heterocycles. The molecule has 0 aliphatic rings. The maximum Gasteiger partial charge on any atom is 0.273 e. The highest BCUT2D eigenvalue weighted by Gasteiger charge is 2.20. The van der Waals surface area contributed by atoms with Crippen molar-refractivity contribution in [2.75, 3.05) is 7.11 Å². The third-order valence-electron chi connectivity index (χ3n) is 5.49. The van der Waals surface area contributed by atoms with E-state index in [0.717, 1.165) is 33.5 Å². The van der Waals surface area contributed by atoms with Gasteiger partial charge in [-0.15, -0.1) is 10.2 Å². The summed E-state index contributed by atoms with van der Waals surface area (Å²) < 4.78 is 11.3. The van der Waals surface area contributed by atoms with Gasteiger partial charge in [-0.1, -0.05) is 24.3 Å². The second-order valence-corrected chi connectivity index (χ2v) is 7.42. The van der Waals surface area contributed by atoms with E-state index in [2.05, 4.69) is 10.2 Å². The van der Waals surface area contributed by atoms with E-state index >= 15 is 0 Å². The van der Waals surface area contributed by atoms with Gasteiger partial charge in [0.15, 0.2) is 0 Å². The molecule has 33 heavy (non-hydrogen) atoms. The molecule has 0 fully saturated rings. The van der Waals surface area contributed by atoms with Crippen molar-refractivity contribution in [3.8, 4) is 39.9 Å². The van der Waals surface area contributed by atoms with E-state index in [1.165, 1.54) is 6.07 Å². The number of pyridine rings is 1. The van der Waals surface area contributed by atoms with E-state index in [1.807, 2.05) is 54.6 Å². The second-order valence-electron chi connectivity index (χ2n) is 7.42. The first kappa shape index (κ1) is 20.3. The summed E-state index contributed by atoms with van der Waals surface area (Å²) in [5.74, 6) is 1.29. The monoisotopic (exact) mass is 438 g/mol. The Kier molecular flexibility index (Phi) is 5.02. The number of nitro groups is 1. The van der Waals surface area contributed by atoms with Crippen molar-refractivity contribution in [1.29, 1.82) is 0 Å². The number of hydrogen-bond donors (Lipinski definition) is 0. The minimum atomic E-state index is -0.423. The molecule has 3 aromatic carbocycles. The van der Waals surface area contributed by atoms with Gasteiger partial charge in [-0.05, 0) is 49.4 Å². The Balaban J connectivity index is 1.64. The highest BCUT2D eigenvalue weighted by atomic mass is 16.6. The Bertz CT molecular complexity index is 1490. The van der Waals surface area contributed by atoms with Gasteiger partial charge in [-0.25, -0.2) is 4.98 Å². The minimum Gasteiger partial charge on any atom is -0.497 e. The van der Waals surface area contributed by atoms with Gasteiger partial charge in [0.1, 0.15) is 5.75 Å². The number of fused-ring (bicyclic) bond motifs is 1. The largest absolute Gasteiger partial charge is 0.497 e. The van der Waals surface area contributed by atoms with Crippen LogP contribution in [0.1, 0.15) is 5.56 Å². The molecule has 162 valence electrons. The van der Waals surface area contributed by atoms with Crippen LogP contribution in [0.2, 0.25) is 0 Å². The minimum absolute atomic E-state index is 0.00315. The number of ether oxygens (including phenoxy) is 1. The van der Waals surface area contributed by atoms with E-state index in [9.17, 15) is 10.1 Å².